The van der Waals surface area contributed by atoms with E-state index in [1.165, 1.54) is 0 Å². The van der Waals surface area contributed by atoms with Crippen molar-refractivity contribution >= 4 is 10.1 Å². The molecule has 0 atom stereocenters. The van der Waals surface area contributed by atoms with Crippen molar-refractivity contribution in [2.24, 2.45) is 0 Å². The van der Waals surface area contributed by atoms with Crippen molar-refractivity contribution in [3.8, 4) is 11.8 Å². The van der Waals surface area contributed by atoms with E-state index in [4.69, 9.17) is 14.7 Å². The van der Waals surface area contributed by atoms with Crippen LogP contribution in [0.1, 0.15) is 5.56 Å². The molecule has 0 aliphatic rings. The zero-order valence-electron chi connectivity index (χ0n) is 10.5. The molecule has 0 saturated carbocycles. The third-order valence-electron chi connectivity index (χ3n) is 2.00. The molecule has 0 bridgehead atoms. The van der Waals surface area contributed by atoms with E-state index in [1.807, 2.05) is 6.07 Å². The molecule has 0 fully saturated rings. The lowest BCUT2D eigenvalue weighted by atomic mass is 10.2. The topological polar surface area (TPSA) is 85.6 Å². The summed E-state index contributed by atoms with van der Waals surface area (Å²) in [5, 5.41) is 8.62. The second kappa shape index (κ2) is 7.74. The Morgan fingerprint density at radius 3 is 2.32 bits per heavy atom. The van der Waals surface area contributed by atoms with E-state index in [1.54, 1.807) is 24.3 Å². The van der Waals surface area contributed by atoms with Gasteiger partial charge in [0.25, 0.3) is 10.1 Å². The Balaban J connectivity index is 2.09. The van der Waals surface area contributed by atoms with E-state index >= 15 is 0 Å². The standard InChI is InChI=1S/C12H15NO5S/c1-19(14,15)18-9-7-16-6-8-17-12-4-2-11(10-13)3-5-12/h2-5H,6-9H2,1H3. The maximum Gasteiger partial charge on any atom is 0.264 e. The average Bonchev–Trinajstić information content (AvgIpc) is 2.37. The Labute approximate surface area is 112 Å². The van der Waals surface area contributed by atoms with E-state index in [-0.39, 0.29) is 13.2 Å². The van der Waals surface area contributed by atoms with Gasteiger partial charge in [-0.1, -0.05) is 0 Å². The number of nitriles is 1. The summed E-state index contributed by atoms with van der Waals surface area (Å²) in [5.41, 5.74) is 0.571. The van der Waals surface area contributed by atoms with Crippen molar-refractivity contribution in [3.05, 3.63) is 29.8 Å². The summed E-state index contributed by atoms with van der Waals surface area (Å²) in [5.74, 6) is 0.648. The third-order valence-corrected chi connectivity index (χ3v) is 2.60. The van der Waals surface area contributed by atoms with E-state index in [0.717, 1.165) is 6.26 Å². The monoisotopic (exact) mass is 285 g/mol. The van der Waals surface area contributed by atoms with Gasteiger partial charge in [0.1, 0.15) is 12.4 Å². The fourth-order valence-corrected chi connectivity index (χ4v) is 1.56. The van der Waals surface area contributed by atoms with Crippen LogP contribution in [0.25, 0.3) is 0 Å². The maximum absolute atomic E-state index is 10.6. The quantitative estimate of drug-likeness (QED) is 0.522. The van der Waals surface area contributed by atoms with Crippen LogP contribution in [-0.4, -0.2) is 41.1 Å². The molecule has 0 unspecified atom stereocenters. The zero-order chi connectivity index (χ0) is 14.1. The highest BCUT2D eigenvalue weighted by Gasteiger charge is 2.00. The first kappa shape index (κ1) is 15.4. The van der Waals surface area contributed by atoms with Crippen molar-refractivity contribution in [1.82, 2.24) is 0 Å². The summed E-state index contributed by atoms with van der Waals surface area (Å²) in [7, 11) is -3.40. The van der Waals surface area contributed by atoms with Crippen LogP contribution in [-0.2, 0) is 19.0 Å². The van der Waals surface area contributed by atoms with Crippen LogP contribution in [0.3, 0.4) is 0 Å². The molecule has 0 radical (unpaired) electrons. The lowest BCUT2D eigenvalue weighted by molar-refractivity contribution is 0.0781. The van der Waals surface area contributed by atoms with Crippen LogP contribution in [0.2, 0.25) is 0 Å². The summed E-state index contributed by atoms with van der Waals surface area (Å²) in [6.07, 6.45) is 0.987. The number of benzene rings is 1. The molecule has 19 heavy (non-hydrogen) atoms. The van der Waals surface area contributed by atoms with Gasteiger partial charge in [-0.25, -0.2) is 0 Å². The second-order valence-corrected chi connectivity index (χ2v) is 5.27. The molecular weight excluding hydrogens is 270 g/mol. The van der Waals surface area contributed by atoms with Crippen LogP contribution < -0.4 is 4.74 Å². The van der Waals surface area contributed by atoms with Crippen LogP contribution in [0.5, 0.6) is 5.75 Å². The Bertz CT molecular complexity index is 518. The molecule has 104 valence electrons. The molecule has 1 aromatic carbocycles. The van der Waals surface area contributed by atoms with Gasteiger partial charge in [-0.05, 0) is 24.3 Å². The molecule has 1 aromatic rings. The summed E-state index contributed by atoms with van der Waals surface area (Å²) in [6.45, 7) is 0.845. The summed E-state index contributed by atoms with van der Waals surface area (Å²) in [6, 6.07) is 8.74. The average molecular weight is 285 g/mol. The molecule has 7 heteroatoms. The summed E-state index contributed by atoms with van der Waals surface area (Å²) >= 11 is 0. The van der Waals surface area contributed by atoms with Gasteiger partial charge in [0.05, 0.1) is 37.7 Å². The lowest BCUT2D eigenvalue weighted by Gasteiger charge is -2.07. The van der Waals surface area contributed by atoms with Crippen molar-refractivity contribution in [1.29, 1.82) is 5.26 Å². The number of rotatable bonds is 8. The highest BCUT2D eigenvalue weighted by atomic mass is 32.2. The molecule has 0 heterocycles. The molecule has 1 rings (SSSR count). The minimum atomic E-state index is -3.40. The molecule has 0 aromatic heterocycles. The van der Waals surface area contributed by atoms with Gasteiger partial charge in [0.15, 0.2) is 0 Å². The SMILES string of the molecule is CS(=O)(=O)OCCOCCOc1ccc(C#N)cc1. The summed E-state index contributed by atoms with van der Waals surface area (Å²) < 4.78 is 36.2. The molecule has 0 aliphatic carbocycles. The van der Waals surface area contributed by atoms with Gasteiger partial charge in [0.2, 0.25) is 0 Å². The third kappa shape index (κ3) is 7.41. The van der Waals surface area contributed by atoms with Gasteiger partial charge < -0.3 is 9.47 Å². The summed E-state index contributed by atoms with van der Waals surface area (Å²) in [4.78, 5) is 0. The predicted octanol–water partition coefficient (Wildman–Crippen LogP) is 0.930. The van der Waals surface area contributed by atoms with Crippen LogP contribution in [0.4, 0.5) is 0 Å². The van der Waals surface area contributed by atoms with Crippen LogP contribution in [0, 0.1) is 11.3 Å². The number of hydrogen-bond acceptors (Lipinski definition) is 6. The minimum Gasteiger partial charge on any atom is -0.491 e. The fourth-order valence-electron chi connectivity index (χ4n) is 1.19. The van der Waals surface area contributed by atoms with E-state index in [0.29, 0.717) is 24.5 Å². The molecule has 0 N–H and O–H groups in total. The number of ether oxygens (including phenoxy) is 2. The highest BCUT2D eigenvalue weighted by molar-refractivity contribution is 7.85. The van der Waals surface area contributed by atoms with Gasteiger partial charge in [-0.3, -0.25) is 4.18 Å². The Morgan fingerprint density at radius 1 is 1.11 bits per heavy atom. The molecule has 6 nitrogen and oxygen atoms in total. The highest BCUT2D eigenvalue weighted by Crippen LogP contribution is 2.11. The Morgan fingerprint density at radius 2 is 1.74 bits per heavy atom. The Kier molecular flexibility index (Phi) is 6.29. The molecule has 0 aliphatic heterocycles. The van der Waals surface area contributed by atoms with Gasteiger partial charge in [-0.2, -0.15) is 13.7 Å². The first-order chi connectivity index (χ1) is 9.01. The molecule has 0 saturated heterocycles. The van der Waals surface area contributed by atoms with E-state index < -0.39 is 10.1 Å². The van der Waals surface area contributed by atoms with Crippen molar-refractivity contribution < 1.29 is 22.1 Å². The first-order valence-electron chi connectivity index (χ1n) is 5.56. The lowest BCUT2D eigenvalue weighted by Crippen LogP contribution is -2.13. The zero-order valence-corrected chi connectivity index (χ0v) is 11.4. The van der Waals surface area contributed by atoms with Crippen molar-refractivity contribution in [2.75, 3.05) is 32.7 Å². The normalized spacial score (nSPS) is 10.9. The van der Waals surface area contributed by atoms with E-state index in [9.17, 15) is 8.42 Å². The maximum atomic E-state index is 10.6. The fraction of sp³-hybridized carbons (Fsp3) is 0.417. The first-order valence-corrected chi connectivity index (χ1v) is 7.38. The largest absolute Gasteiger partial charge is 0.491 e. The molecule has 0 spiro atoms. The second-order valence-electron chi connectivity index (χ2n) is 3.62. The van der Waals surface area contributed by atoms with Crippen molar-refractivity contribution in [2.45, 2.75) is 0 Å². The minimum absolute atomic E-state index is 0.00427. The predicted molar refractivity (Wildman–Crippen MR) is 68.3 cm³/mol. The van der Waals surface area contributed by atoms with Crippen LogP contribution in [0.15, 0.2) is 24.3 Å². The van der Waals surface area contributed by atoms with E-state index in [2.05, 4.69) is 4.18 Å². The number of hydrogen-bond donors (Lipinski definition) is 0. The number of nitrogens with zero attached hydrogens (tertiary/aromatic N) is 1. The molecule has 0 amide bonds. The smallest absolute Gasteiger partial charge is 0.264 e. The van der Waals surface area contributed by atoms with Crippen LogP contribution >= 0.6 is 0 Å². The molecular formula is C12H15NO5S. The van der Waals surface area contributed by atoms with Gasteiger partial charge in [-0.15, -0.1) is 0 Å². The Hall–Kier alpha value is -1.62. The van der Waals surface area contributed by atoms with Gasteiger partial charge >= 0.3 is 0 Å². The van der Waals surface area contributed by atoms with Crippen molar-refractivity contribution in [3.63, 3.8) is 0 Å². The van der Waals surface area contributed by atoms with Gasteiger partial charge in [0, 0.05) is 0 Å².